The number of hydrogen-bond donors (Lipinski definition) is 2. The largest absolute Gasteiger partial charge is 0.481 e. The Morgan fingerprint density at radius 2 is 2.11 bits per heavy atom. The van der Waals surface area contributed by atoms with E-state index in [2.05, 4.69) is 0 Å². The smallest absolute Gasteiger partial charge is 0.304 e. The van der Waals surface area contributed by atoms with Gasteiger partial charge in [-0.05, 0) is 24.6 Å². The minimum absolute atomic E-state index is 0.0822. The van der Waals surface area contributed by atoms with Crippen molar-refractivity contribution in [2.24, 2.45) is 5.73 Å². The van der Waals surface area contributed by atoms with E-state index < -0.39 is 5.97 Å². The minimum atomic E-state index is -0.815. The molecule has 3 N–H and O–H groups in total. The lowest BCUT2D eigenvalue weighted by atomic mass is 9.99. The van der Waals surface area contributed by atoms with Crippen LogP contribution in [0.1, 0.15) is 30.5 Å². The van der Waals surface area contributed by atoms with E-state index in [4.69, 9.17) is 23.1 Å². The predicted molar refractivity (Wildman–Crippen MR) is 80.2 cm³/mol. The molecule has 1 atom stereocenters. The molecule has 1 aromatic rings. The Kier molecular flexibility index (Phi) is 5.92. The van der Waals surface area contributed by atoms with Crippen LogP contribution in [-0.2, 0) is 4.79 Å². The molecule has 104 valence electrons. The molecule has 4 nitrogen and oxygen atoms in total. The number of rotatable bonds is 7. The van der Waals surface area contributed by atoms with Crippen molar-refractivity contribution in [3.05, 3.63) is 35.4 Å². The van der Waals surface area contributed by atoms with Gasteiger partial charge < -0.3 is 10.8 Å². The van der Waals surface area contributed by atoms with Crippen LogP contribution in [0.15, 0.2) is 24.3 Å². The molecule has 1 rings (SSSR count). The number of carboxylic acid groups (broad SMARTS) is 1. The Morgan fingerprint density at radius 3 is 2.58 bits per heavy atom. The summed E-state index contributed by atoms with van der Waals surface area (Å²) in [7, 11) is 0. The zero-order valence-corrected chi connectivity index (χ0v) is 12.1. The molecular formula is C14H20N2O2S. The van der Waals surface area contributed by atoms with Crippen LogP contribution in [0.4, 0.5) is 0 Å². The molecule has 0 heterocycles. The number of nitrogens with zero attached hydrogens (tertiary/aromatic N) is 1. The van der Waals surface area contributed by atoms with Crippen molar-refractivity contribution < 1.29 is 9.90 Å². The van der Waals surface area contributed by atoms with Crippen molar-refractivity contribution in [1.82, 2.24) is 4.90 Å². The van der Waals surface area contributed by atoms with Crippen LogP contribution in [-0.4, -0.2) is 34.1 Å². The summed E-state index contributed by atoms with van der Waals surface area (Å²) >= 11 is 5.17. The average Bonchev–Trinajstić information content (AvgIpc) is 2.35. The second kappa shape index (κ2) is 7.21. The summed E-state index contributed by atoms with van der Waals surface area (Å²) in [6, 6.07) is 7.69. The second-order valence-electron chi connectivity index (χ2n) is 4.43. The van der Waals surface area contributed by atoms with Crippen molar-refractivity contribution in [3.8, 4) is 0 Å². The zero-order chi connectivity index (χ0) is 14.4. The third-order valence-electron chi connectivity index (χ3n) is 3.14. The van der Waals surface area contributed by atoms with Gasteiger partial charge in [-0.25, -0.2) is 0 Å². The molecule has 0 fully saturated rings. The highest BCUT2D eigenvalue weighted by atomic mass is 32.1. The lowest BCUT2D eigenvalue weighted by Gasteiger charge is -2.30. The van der Waals surface area contributed by atoms with Crippen molar-refractivity contribution >= 4 is 23.2 Å². The fraction of sp³-hybridized carbons (Fsp3) is 0.429. The first-order chi connectivity index (χ1) is 8.97. The van der Waals surface area contributed by atoms with Crippen LogP contribution in [0.3, 0.4) is 0 Å². The number of aliphatic carboxylic acids is 1. The standard InChI is InChI=1S/C14H20N2O2S/c1-3-16(9-8-12(17)18)13(14(15)19)11-7-5-4-6-10(11)2/h4-7,13H,3,8-9H2,1-2H3,(H2,15,19)(H,17,18). The van der Waals surface area contributed by atoms with Crippen LogP contribution in [0, 0.1) is 6.92 Å². The number of nitrogens with two attached hydrogens (primary N) is 1. The molecule has 0 aliphatic carbocycles. The van der Waals surface area contributed by atoms with Crippen molar-refractivity contribution in [1.29, 1.82) is 0 Å². The second-order valence-corrected chi connectivity index (χ2v) is 4.91. The first-order valence-corrected chi connectivity index (χ1v) is 6.68. The number of hydrogen-bond acceptors (Lipinski definition) is 3. The molecule has 0 aliphatic rings. The van der Waals surface area contributed by atoms with Crippen molar-refractivity contribution in [2.45, 2.75) is 26.3 Å². The quantitative estimate of drug-likeness (QED) is 0.749. The van der Waals surface area contributed by atoms with Gasteiger partial charge in [-0.2, -0.15) is 0 Å². The molecule has 0 amide bonds. The summed E-state index contributed by atoms with van der Waals surface area (Å²) in [5, 5.41) is 8.81. The van der Waals surface area contributed by atoms with Crippen molar-refractivity contribution in [3.63, 3.8) is 0 Å². The van der Waals surface area contributed by atoms with Crippen LogP contribution in [0.2, 0.25) is 0 Å². The molecule has 0 saturated carbocycles. The summed E-state index contributed by atoms with van der Waals surface area (Å²) in [4.78, 5) is 13.1. The zero-order valence-electron chi connectivity index (χ0n) is 11.3. The van der Waals surface area contributed by atoms with Gasteiger partial charge in [0.25, 0.3) is 0 Å². The summed E-state index contributed by atoms with van der Waals surface area (Å²) in [6.07, 6.45) is 0.0822. The number of benzene rings is 1. The van der Waals surface area contributed by atoms with Gasteiger partial charge in [0.15, 0.2) is 0 Å². The van der Waals surface area contributed by atoms with E-state index in [1.54, 1.807) is 0 Å². The fourth-order valence-electron chi connectivity index (χ4n) is 2.13. The van der Waals surface area contributed by atoms with Gasteiger partial charge >= 0.3 is 5.97 Å². The molecule has 5 heteroatoms. The Hall–Kier alpha value is -1.46. The maximum atomic E-state index is 10.7. The van der Waals surface area contributed by atoms with E-state index in [0.717, 1.165) is 11.1 Å². The lowest BCUT2D eigenvalue weighted by molar-refractivity contribution is -0.137. The topological polar surface area (TPSA) is 66.6 Å². The maximum Gasteiger partial charge on any atom is 0.304 e. The van der Waals surface area contributed by atoms with Gasteiger partial charge in [0.1, 0.15) is 0 Å². The number of carboxylic acids is 1. The minimum Gasteiger partial charge on any atom is -0.481 e. The van der Waals surface area contributed by atoms with Gasteiger partial charge in [-0.3, -0.25) is 9.69 Å². The number of likely N-dealkylation sites (N-methyl/N-ethyl adjacent to an activating group) is 1. The number of aryl methyl sites for hydroxylation is 1. The van der Waals surface area contributed by atoms with Gasteiger partial charge in [0.05, 0.1) is 17.5 Å². The van der Waals surface area contributed by atoms with Crippen molar-refractivity contribution in [2.75, 3.05) is 13.1 Å². The Bertz CT molecular complexity index is 463. The van der Waals surface area contributed by atoms with E-state index in [0.29, 0.717) is 18.1 Å². The Balaban J connectivity index is 3.02. The third-order valence-corrected chi connectivity index (χ3v) is 3.36. The van der Waals surface area contributed by atoms with E-state index in [1.165, 1.54) is 0 Å². The van der Waals surface area contributed by atoms with Crippen LogP contribution in [0.25, 0.3) is 0 Å². The average molecular weight is 280 g/mol. The summed E-state index contributed by atoms with van der Waals surface area (Å²) < 4.78 is 0. The van der Waals surface area contributed by atoms with E-state index >= 15 is 0 Å². The normalized spacial score (nSPS) is 12.4. The summed E-state index contributed by atoms with van der Waals surface area (Å²) in [6.45, 7) is 5.11. The Morgan fingerprint density at radius 1 is 1.47 bits per heavy atom. The maximum absolute atomic E-state index is 10.7. The van der Waals surface area contributed by atoms with Gasteiger partial charge in [0.2, 0.25) is 0 Å². The third kappa shape index (κ3) is 4.29. The highest BCUT2D eigenvalue weighted by molar-refractivity contribution is 7.80. The monoisotopic (exact) mass is 280 g/mol. The Labute approximate surface area is 119 Å². The molecule has 1 aromatic carbocycles. The lowest BCUT2D eigenvalue weighted by Crippen LogP contribution is -2.38. The molecule has 0 spiro atoms. The van der Waals surface area contributed by atoms with E-state index in [-0.39, 0.29) is 12.5 Å². The van der Waals surface area contributed by atoms with E-state index in [9.17, 15) is 4.79 Å². The van der Waals surface area contributed by atoms with Gasteiger partial charge in [-0.1, -0.05) is 43.4 Å². The van der Waals surface area contributed by atoms with Gasteiger partial charge in [0, 0.05) is 6.54 Å². The molecule has 1 unspecified atom stereocenters. The number of thiocarbonyl (C=S) groups is 1. The van der Waals surface area contributed by atoms with Crippen LogP contribution >= 0.6 is 12.2 Å². The highest BCUT2D eigenvalue weighted by Gasteiger charge is 2.23. The first kappa shape index (κ1) is 15.6. The molecule has 0 aliphatic heterocycles. The fourth-order valence-corrected chi connectivity index (χ4v) is 2.41. The van der Waals surface area contributed by atoms with E-state index in [1.807, 2.05) is 43.0 Å². The summed E-state index contributed by atoms with van der Waals surface area (Å²) in [5.74, 6) is -0.815. The predicted octanol–water partition coefficient (Wildman–Crippen LogP) is 2.12. The highest BCUT2D eigenvalue weighted by Crippen LogP contribution is 2.24. The first-order valence-electron chi connectivity index (χ1n) is 6.28. The molecule has 0 aromatic heterocycles. The van der Waals surface area contributed by atoms with Crippen LogP contribution in [0.5, 0.6) is 0 Å². The SMILES string of the molecule is CCN(CCC(=O)O)C(C(N)=S)c1ccccc1C. The van der Waals surface area contributed by atoms with Gasteiger partial charge in [-0.15, -0.1) is 0 Å². The molecular weight excluding hydrogens is 260 g/mol. The number of carbonyl (C=O) groups is 1. The molecule has 19 heavy (non-hydrogen) atoms. The molecule has 0 bridgehead atoms. The summed E-state index contributed by atoms with van der Waals surface area (Å²) in [5.41, 5.74) is 8.01. The molecule has 0 radical (unpaired) electrons. The molecule has 0 saturated heterocycles. The van der Waals surface area contributed by atoms with Crippen LogP contribution < -0.4 is 5.73 Å².